The van der Waals surface area contributed by atoms with Crippen LogP contribution in [-0.4, -0.2) is 44.5 Å². The van der Waals surface area contributed by atoms with E-state index in [2.05, 4.69) is 10.4 Å². The fourth-order valence-electron chi connectivity index (χ4n) is 2.27. The molecule has 0 saturated heterocycles. The summed E-state index contributed by atoms with van der Waals surface area (Å²) in [5.41, 5.74) is 0.868. The van der Waals surface area contributed by atoms with Gasteiger partial charge in [-0.05, 0) is 39.8 Å². The van der Waals surface area contributed by atoms with Crippen molar-refractivity contribution in [2.45, 2.75) is 33.3 Å². The largest absolute Gasteiger partial charge is 0.389 e. The van der Waals surface area contributed by atoms with Gasteiger partial charge in [0, 0.05) is 18.3 Å². The Labute approximate surface area is 136 Å². The molecule has 0 aliphatic rings. The van der Waals surface area contributed by atoms with Crippen LogP contribution in [0.3, 0.4) is 0 Å². The maximum atomic E-state index is 12.4. The van der Waals surface area contributed by atoms with Gasteiger partial charge in [0.15, 0.2) is 5.82 Å². The monoisotopic (exact) mass is 316 g/mol. The molecule has 1 aromatic carbocycles. The molecular formula is C17H24N4O2. The summed E-state index contributed by atoms with van der Waals surface area (Å²) >= 11 is 0. The molecule has 0 unspecified atom stereocenters. The summed E-state index contributed by atoms with van der Waals surface area (Å²) in [7, 11) is 0. The highest BCUT2D eigenvalue weighted by Gasteiger charge is 2.22. The van der Waals surface area contributed by atoms with Crippen molar-refractivity contribution in [3.05, 3.63) is 42.1 Å². The number of aliphatic hydroxyl groups is 1. The van der Waals surface area contributed by atoms with Crippen LogP contribution in [0.4, 0.5) is 10.6 Å². The van der Waals surface area contributed by atoms with Crippen molar-refractivity contribution in [3.63, 3.8) is 0 Å². The normalized spacial score (nSPS) is 11.3. The Bertz CT molecular complexity index is 659. The molecule has 2 amide bonds. The number of carbonyl (C=O) groups is 1. The minimum absolute atomic E-state index is 0.258. The smallest absolute Gasteiger partial charge is 0.323 e. The molecule has 0 spiro atoms. The van der Waals surface area contributed by atoms with Crippen molar-refractivity contribution in [1.82, 2.24) is 14.7 Å². The number of aryl methyl sites for hydroxylation is 1. The van der Waals surface area contributed by atoms with Crippen LogP contribution in [0, 0.1) is 6.92 Å². The van der Waals surface area contributed by atoms with Gasteiger partial charge in [-0.2, -0.15) is 0 Å². The molecule has 0 aliphatic heterocycles. The standard InChI is InChI=1S/C17H24N4O2/c1-5-20(12-17(3,4)23)16(22)18-15-13(2)11-21(19-15)14-9-7-6-8-10-14/h6-11,23H,5,12H2,1-4H3,(H,18,19,22). The van der Waals surface area contributed by atoms with Gasteiger partial charge in [-0.25, -0.2) is 9.48 Å². The van der Waals surface area contributed by atoms with E-state index in [1.165, 1.54) is 0 Å². The van der Waals surface area contributed by atoms with Gasteiger partial charge in [0.25, 0.3) is 0 Å². The van der Waals surface area contributed by atoms with Gasteiger partial charge in [-0.1, -0.05) is 18.2 Å². The van der Waals surface area contributed by atoms with Crippen LogP contribution < -0.4 is 5.32 Å². The van der Waals surface area contributed by atoms with E-state index in [9.17, 15) is 9.90 Å². The number of rotatable bonds is 5. The number of para-hydroxylation sites is 1. The quantitative estimate of drug-likeness (QED) is 0.891. The second-order valence-corrected chi connectivity index (χ2v) is 6.20. The van der Waals surface area contributed by atoms with Crippen molar-refractivity contribution in [1.29, 1.82) is 0 Å². The zero-order valence-electron chi connectivity index (χ0n) is 14.1. The van der Waals surface area contributed by atoms with Gasteiger partial charge < -0.3 is 10.0 Å². The lowest BCUT2D eigenvalue weighted by atomic mass is 10.1. The van der Waals surface area contributed by atoms with Crippen LogP contribution in [0.15, 0.2) is 36.5 Å². The lowest BCUT2D eigenvalue weighted by Crippen LogP contribution is -2.44. The average molecular weight is 316 g/mol. The van der Waals surface area contributed by atoms with E-state index in [1.807, 2.05) is 50.4 Å². The molecule has 0 saturated carbocycles. The third-order valence-corrected chi connectivity index (χ3v) is 3.39. The molecule has 2 rings (SSSR count). The highest BCUT2D eigenvalue weighted by atomic mass is 16.3. The maximum absolute atomic E-state index is 12.4. The van der Waals surface area contributed by atoms with Gasteiger partial charge >= 0.3 is 6.03 Å². The summed E-state index contributed by atoms with van der Waals surface area (Å²) in [6, 6.07) is 9.45. The van der Waals surface area contributed by atoms with E-state index in [0.717, 1.165) is 11.3 Å². The second-order valence-electron chi connectivity index (χ2n) is 6.20. The number of nitrogens with zero attached hydrogens (tertiary/aromatic N) is 3. The van der Waals surface area contributed by atoms with Crippen molar-refractivity contribution in [3.8, 4) is 5.69 Å². The van der Waals surface area contributed by atoms with Gasteiger partial charge in [0.1, 0.15) is 0 Å². The number of likely N-dealkylation sites (N-methyl/N-ethyl adjacent to an activating group) is 1. The van der Waals surface area contributed by atoms with E-state index >= 15 is 0 Å². The minimum Gasteiger partial charge on any atom is -0.389 e. The topological polar surface area (TPSA) is 70.4 Å². The third kappa shape index (κ3) is 4.56. The van der Waals surface area contributed by atoms with Crippen LogP contribution >= 0.6 is 0 Å². The molecule has 0 aliphatic carbocycles. The first-order valence-corrected chi connectivity index (χ1v) is 7.70. The Hall–Kier alpha value is -2.34. The molecule has 0 fully saturated rings. The van der Waals surface area contributed by atoms with Crippen molar-refractivity contribution in [2.75, 3.05) is 18.4 Å². The zero-order valence-corrected chi connectivity index (χ0v) is 14.1. The first kappa shape index (κ1) is 17.0. The SMILES string of the molecule is CCN(CC(C)(C)O)C(=O)Nc1nn(-c2ccccc2)cc1C. The summed E-state index contributed by atoms with van der Waals surface area (Å²) < 4.78 is 1.73. The Balaban J connectivity index is 2.14. The predicted octanol–water partition coefficient (Wildman–Crippen LogP) is 2.81. The van der Waals surface area contributed by atoms with Crippen molar-refractivity contribution >= 4 is 11.8 Å². The average Bonchev–Trinajstić information content (AvgIpc) is 2.86. The number of nitrogens with one attached hydrogen (secondary N) is 1. The molecule has 0 bridgehead atoms. The molecule has 6 nitrogen and oxygen atoms in total. The molecule has 1 heterocycles. The minimum atomic E-state index is -0.939. The Morgan fingerprint density at radius 3 is 2.57 bits per heavy atom. The predicted molar refractivity (Wildman–Crippen MR) is 90.9 cm³/mol. The molecule has 6 heteroatoms. The van der Waals surface area contributed by atoms with Gasteiger partial charge in [-0.15, -0.1) is 5.10 Å². The summed E-state index contributed by atoms with van der Waals surface area (Å²) in [6.45, 7) is 7.90. The summed E-state index contributed by atoms with van der Waals surface area (Å²) in [4.78, 5) is 13.9. The fourth-order valence-corrected chi connectivity index (χ4v) is 2.27. The van der Waals surface area contributed by atoms with Crippen LogP contribution in [0.25, 0.3) is 5.69 Å². The Kier molecular flexibility index (Phi) is 5.05. The molecule has 0 radical (unpaired) electrons. The van der Waals surface area contributed by atoms with Crippen LogP contribution in [-0.2, 0) is 0 Å². The Morgan fingerprint density at radius 2 is 2.00 bits per heavy atom. The number of aromatic nitrogens is 2. The summed E-state index contributed by atoms with van der Waals surface area (Å²) in [5.74, 6) is 0.521. The summed E-state index contributed by atoms with van der Waals surface area (Å²) in [5, 5.41) is 17.1. The third-order valence-electron chi connectivity index (χ3n) is 3.39. The van der Waals surface area contributed by atoms with Crippen molar-refractivity contribution in [2.24, 2.45) is 0 Å². The first-order chi connectivity index (χ1) is 10.8. The highest BCUT2D eigenvalue weighted by molar-refractivity contribution is 5.89. The van der Waals surface area contributed by atoms with E-state index in [4.69, 9.17) is 0 Å². The fraction of sp³-hybridized carbons (Fsp3) is 0.412. The van der Waals surface area contributed by atoms with E-state index in [0.29, 0.717) is 12.4 Å². The number of benzene rings is 1. The molecule has 23 heavy (non-hydrogen) atoms. The molecule has 2 aromatic rings. The number of urea groups is 1. The number of anilines is 1. The molecule has 2 N–H and O–H groups in total. The number of carbonyl (C=O) groups excluding carboxylic acids is 1. The maximum Gasteiger partial charge on any atom is 0.323 e. The number of hydrogen-bond acceptors (Lipinski definition) is 3. The Morgan fingerprint density at radius 1 is 1.35 bits per heavy atom. The molecule has 1 aromatic heterocycles. The van der Waals surface area contributed by atoms with Crippen LogP contribution in [0.5, 0.6) is 0 Å². The van der Waals surface area contributed by atoms with E-state index < -0.39 is 5.60 Å². The van der Waals surface area contributed by atoms with E-state index in [1.54, 1.807) is 23.4 Å². The van der Waals surface area contributed by atoms with Gasteiger partial charge in [0.05, 0.1) is 17.8 Å². The highest BCUT2D eigenvalue weighted by Crippen LogP contribution is 2.16. The number of hydrogen-bond donors (Lipinski definition) is 2. The lowest BCUT2D eigenvalue weighted by molar-refractivity contribution is 0.0501. The lowest BCUT2D eigenvalue weighted by Gasteiger charge is -2.27. The second kappa shape index (κ2) is 6.83. The van der Waals surface area contributed by atoms with Crippen molar-refractivity contribution < 1.29 is 9.90 Å². The van der Waals surface area contributed by atoms with Crippen LogP contribution in [0.1, 0.15) is 26.3 Å². The zero-order chi connectivity index (χ0) is 17.0. The molecule has 124 valence electrons. The summed E-state index contributed by atoms with van der Waals surface area (Å²) in [6.07, 6.45) is 1.87. The number of amides is 2. The first-order valence-electron chi connectivity index (χ1n) is 7.70. The van der Waals surface area contributed by atoms with Gasteiger partial charge in [-0.3, -0.25) is 5.32 Å². The van der Waals surface area contributed by atoms with Gasteiger partial charge in [0.2, 0.25) is 0 Å². The van der Waals surface area contributed by atoms with Crippen LogP contribution in [0.2, 0.25) is 0 Å². The molecule has 0 atom stereocenters. The molecular weight excluding hydrogens is 292 g/mol. The van der Waals surface area contributed by atoms with E-state index in [-0.39, 0.29) is 12.6 Å².